The van der Waals surface area contributed by atoms with Crippen molar-refractivity contribution in [2.24, 2.45) is 5.92 Å². The average molecular weight is 350 g/mol. The topological polar surface area (TPSA) is 83.8 Å². The number of benzene rings is 1. The molecule has 1 atom stereocenters. The molecule has 0 bridgehead atoms. The third-order valence-corrected chi connectivity index (χ3v) is 4.28. The van der Waals surface area contributed by atoms with Gasteiger partial charge < -0.3 is 14.9 Å². The van der Waals surface area contributed by atoms with Gasteiger partial charge in [0.05, 0.1) is 6.61 Å². The molecule has 0 spiro atoms. The molecule has 5 heteroatoms. The molecule has 0 fully saturated rings. The first kappa shape index (κ1) is 21.0. The van der Waals surface area contributed by atoms with Crippen molar-refractivity contribution < 1.29 is 24.5 Å². The van der Waals surface area contributed by atoms with Crippen LogP contribution in [0.4, 0.5) is 0 Å². The van der Waals surface area contributed by atoms with E-state index in [0.717, 1.165) is 37.9 Å². The van der Waals surface area contributed by atoms with Crippen molar-refractivity contribution in [2.45, 2.75) is 64.7 Å². The van der Waals surface area contributed by atoms with Gasteiger partial charge in [0.2, 0.25) is 0 Å². The molecule has 1 rings (SSSR count). The number of carboxylic acids is 2. The van der Waals surface area contributed by atoms with Crippen LogP contribution in [0.3, 0.4) is 0 Å². The summed E-state index contributed by atoms with van der Waals surface area (Å²) in [4.78, 5) is 21.4. The first-order chi connectivity index (χ1) is 12.0. The highest BCUT2D eigenvalue weighted by Crippen LogP contribution is 2.23. The summed E-state index contributed by atoms with van der Waals surface area (Å²) in [6, 6.07) is 8.01. The van der Waals surface area contributed by atoms with Crippen LogP contribution in [0.25, 0.3) is 0 Å². The van der Waals surface area contributed by atoms with Gasteiger partial charge in [-0.15, -0.1) is 0 Å². The maximum Gasteiger partial charge on any atom is 0.303 e. The van der Waals surface area contributed by atoms with E-state index in [2.05, 4.69) is 0 Å². The van der Waals surface area contributed by atoms with E-state index in [1.165, 1.54) is 5.56 Å². The lowest BCUT2D eigenvalue weighted by atomic mass is 9.89. The van der Waals surface area contributed by atoms with E-state index in [1.54, 1.807) is 0 Å². The fourth-order valence-electron chi connectivity index (χ4n) is 2.96. The third-order valence-electron chi connectivity index (χ3n) is 4.28. The zero-order valence-electron chi connectivity index (χ0n) is 15.1. The Morgan fingerprint density at radius 1 is 0.920 bits per heavy atom. The van der Waals surface area contributed by atoms with Gasteiger partial charge in [0.25, 0.3) is 0 Å². The van der Waals surface area contributed by atoms with E-state index in [9.17, 15) is 9.59 Å². The van der Waals surface area contributed by atoms with Crippen molar-refractivity contribution in [2.75, 3.05) is 6.61 Å². The molecule has 140 valence electrons. The van der Waals surface area contributed by atoms with E-state index in [1.807, 2.05) is 31.2 Å². The summed E-state index contributed by atoms with van der Waals surface area (Å²) < 4.78 is 5.44. The van der Waals surface area contributed by atoms with Crippen molar-refractivity contribution in [3.8, 4) is 5.75 Å². The molecule has 5 nitrogen and oxygen atoms in total. The first-order valence-corrected chi connectivity index (χ1v) is 9.16. The number of ether oxygens (including phenoxy) is 1. The second-order valence-corrected chi connectivity index (χ2v) is 6.43. The van der Waals surface area contributed by atoms with Crippen LogP contribution in [0.1, 0.15) is 63.9 Å². The summed E-state index contributed by atoms with van der Waals surface area (Å²) in [5, 5.41) is 17.6. The Hall–Kier alpha value is -2.04. The van der Waals surface area contributed by atoms with Crippen molar-refractivity contribution in [1.82, 2.24) is 0 Å². The highest BCUT2D eigenvalue weighted by atomic mass is 16.5. The third kappa shape index (κ3) is 10.4. The maximum absolute atomic E-state index is 10.9. The molecule has 0 aliphatic carbocycles. The SMILES string of the molecule is CCOc1ccc(CC(CCCCCCC(=O)O)CCC(=O)O)cc1. The summed E-state index contributed by atoms with van der Waals surface area (Å²) in [6.07, 6.45) is 6.60. The first-order valence-electron chi connectivity index (χ1n) is 9.16. The number of carbonyl (C=O) groups is 2. The minimum Gasteiger partial charge on any atom is -0.494 e. The zero-order valence-corrected chi connectivity index (χ0v) is 15.1. The Morgan fingerprint density at radius 3 is 2.16 bits per heavy atom. The fraction of sp³-hybridized carbons (Fsp3) is 0.600. The molecule has 25 heavy (non-hydrogen) atoms. The van der Waals surface area contributed by atoms with E-state index >= 15 is 0 Å². The molecule has 0 aliphatic heterocycles. The van der Waals surface area contributed by atoms with E-state index < -0.39 is 11.9 Å². The molecule has 0 aromatic heterocycles. The number of unbranched alkanes of at least 4 members (excludes halogenated alkanes) is 3. The van der Waals surface area contributed by atoms with Crippen molar-refractivity contribution >= 4 is 11.9 Å². The van der Waals surface area contributed by atoms with Gasteiger partial charge in [-0.2, -0.15) is 0 Å². The molecule has 0 radical (unpaired) electrons. The van der Waals surface area contributed by atoms with Gasteiger partial charge >= 0.3 is 11.9 Å². The summed E-state index contributed by atoms with van der Waals surface area (Å²) in [5.74, 6) is -0.298. The second-order valence-electron chi connectivity index (χ2n) is 6.43. The predicted molar refractivity (Wildman–Crippen MR) is 97.0 cm³/mol. The van der Waals surface area contributed by atoms with Crippen LogP contribution in [-0.4, -0.2) is 28.8 Å². The van der Waals surface area contributed by atoms with Gasteiger partial charge in [-0.25, -0.2) is 0 Å². The van der Waals surface area contributed by atoms with Crippen LogP contribution in [0.15, 0.2) is 24.3 Å². The fourth-order valence-corrected chi connectivity index (χ4v) is 2.96. The number of carboxylic acid groups (broad SMARTS) is 2. The average Bonchev–Trinajstić information content (AvgIpc) is 2.57. The molecule has 2 N–H and O–H groups in total. The standard InChI is InChI=1S/C20H30O5/c1-2-25-18-12-9-17(10-13-18)15-16(11-14-20(23)24)7-5-3-4-6-8-19(21)22/h9-10,12-13,16H,2-8,11,14-15H2,1H3,(H,21,22)(H,23,24). The summed E-state index contributed by atoms with van der Waals surface area (Å²) in [6.45, 7) is 2.59. The van der Waals surface area contributed by atoms with Gasteiger partial charge in [-0.05, 0) is 49.8 Å². The lowest BCUT2D eigenvalue weighted by Gasteiger charge is -2.16. The van der Waals surface area contributed by atoms with Crippen LogP contribution in [0.5, 0.6) is 5.75 Å². The second kappa shape index (κ2) is 12.3. The van der Waals surface area contributed by atoms with Crippen LogP contribution in [0.2, 0.25) is 0 Å². The van der Waals surface area contributed by atoms with Crippen molar-refractivity contribution in [3.05, 3.63) is 29.8 Å². The van der Waals surface area contributed by atoms with Crippen LogP contribution >= 0.6 is 0 Å². The highest BCUT2D eigenvalue weighted by molar-refractivity contribution is 5.66. The lowest BCUT2D eigenvalue weighted by Crippen LogP contribution is -2.08. The number of hydrogen-bond donors (Lipinski definition) is 2. The van der Waals surface area contributed by atoms with Gasteiger partial charge in [0.15, 0.2) is 0 Å². The van der Waals surface area contributed by atoms with Crippen LogP contribution in [-0.2, 0) is 16.0 Å². The molecular weight excluding hydrogens is 320 g/mol. The molecule has 0 saturated heterocycles. The van der Waals surface area contributed by atoms with Crippen LogP contribution < -0.4 is 4.74 Å². The Kier molecular flexibility index (Phi) is 10.4. The van der Waals surface area contributed by atoms with Gasteiger partial charge in [0, 0.05) is 12.8 Å². The largest absolute Gasteiger partial charge is 0.494 e. The number of hydrogen-bond acceptors (Lipinski definition) is 3. The molecule has 0 aliphatic rings. The Bertz CT molecular complexity index is 509. The highest BCUT2D eigenvalue weighted by Gasteiger charge is 2.12. The maximum atomic E-state index is 10.9. The summed E-state index contributed by atoms with van der Waals surface area (Å²) in [7, 11) is 0. The quantitative estimate of drug-likeness (QED) is 0.481. The van der Waals surface area contributed by atoms with E-state index in [0.29, 0.717) is 25.4 Å². The van der Waals surface area contributed by atoms with Crippen molar-refractivity contribution in [1.29, 1.82) is 0 Å². The molecular formula is C20H30O5. The number of aliphatic carboxylic acids is 2. The Balaban J connectivity index is 2.43. The predicted octanol–water partition coefficient (Wildman–Crippen LogP) is 4.53. The van der Waals surface area contributed by atoms with Crippen LogP contribution in [0, 0.1) is 5.92 Å². The van der Waals surface area contributed by atoms with Gasteiger partial charge in [-0.3, -0.25) is 9.59 Å². The van der Waals surface area contributed by atoms with Gasteiger partial charge in [-0.1, -0.05) is 37.8 Å². The lowest BCUT2D eigenvalue weighted by molar-refractivity contribution is -0.138. The molecule has 0 saturated carbocycles. The van der Waals surface area contributed by atoms with E-state index in [-0.39, 0.29) is 12.8 Å². The van der Waals surface area contributed by atoms with E-state index in [4.69, 9.17) is 14.9 Å². The monoisotopic (exact) mass is 350 g/mol. The van der Waals surface area contributed by atoms with Crippen molar-refractivity contribution in [3.63, 3.8) is 0 Å². The minimum absolute atomic E-state index is 0.195. The summed E-state index contributed by atoms with van der Waals surface area (Å²) >= 11 is 0. The molecule has 1 aromatic carbocycles. The normalized spacial score (nSPS) is 11.9. The molecule has 1 unspecified atom stereocenters. The summed E-state index contributed by atoms with van der Waals surface area (Å²) in [5.41, 5.74) is 1.20. The molecule has 0 amide bonds. The zero-order chi connectivity index (χ0) is 18.5. The molecule has 0 heterocycles. The Morgan fingerprint density at radius 2 is 1.56 bits per heavy atom. The van der Waals surface area contributed by atoms with Gasteiger partial charge in [0.1, 0.15) is 5.75 Å². The minimum atomic E-state index is -0.752. The number of rotatable bonds is 14. The smallest absolute Gasteiger partial charge is 0.303 e. The Labute approximate surface area is 150 Å². The molecule has 1 aromatic rings.